The van der Waals surface area contributed by atoms with Crippen molar-refractivity contribution in [3.63, 3.8) is 0 Å². The maximum atomic E-state index is 12.6. The SMILES string of the molecule is OCc1ccc(C(F)(F)F)c(C2CC2)n1. The van der Waals surface area contributed by atoms with Crippen molar-refractivity contribution in [2.75, 3.05) is 0 Å². The predicted molar refractivity (Wildman–Crippen MR) is 47.1 cm³/mol. The zero-order valence-electron chi connectivity index (χ0n) is 7.88. The Hall–Kier alpha value is -1.10. The molecule has 15 heavy (non-hydrogen) atoms. The maximum absolute atomic E-state index is 12.6. The standard InChI is InChI=1S/C10H10F3NO/c11-10(12,13)8-4-3-7(5-15)14-9(8)6-1-2-6/h3-4,6,15H,1-2,5H2. The number of nitrogens with zero attached hydrogens (tertiary/aromatic N) is 1. The van der Waals surface area contributed by atoms with E-state index in [1.807, 2.05) is 0 Å². The van der Waals surface area contributed by atoms with Gasteiger partial charge >= 0.3 is 6.18 Å². The fourth-order valence-corrected chi connectivity index (χ4v) is 1.51. The summed E-state index contributed by atoms with van der Waals surface area (Å²) in [4.78, 5) is 3.85. The molecule has 1 heterocycles. The summed E-state index contributed by atoms with van der Waals surface area (Å²) in [5, 5.41) is 8.81. The highest BCUT2D eigenvalue weighted by molar-refractivity contribution is 5.31. The Morgan fingerprint density at radius 2 is 2.00 bits per heavy atom. The van der Waals surface area contributed by atoms with Gasteiger partial charge in [-0.1, -0.05) is 0 Å². The van der Waals surface area contributed by atoms with Gasteiger partial charge in [0.2, 0.25) is 0 Å². The van der Waals surface area contributed by atoms with Crippen LogP contribution in [0.5, 0.6) is 0 Å². The fraction of sp³-hybridized carbons (Fsp3) is 0.500. The molecule has 0 spiro atoms. The van der Waals surface area contributed by atoms with Crippen molar-refractivity contribution < 1.29 is 18.3 Å². The average molecular weight is 217 g/mol. The molecule has 0 bridgehead atoms. The van der Waals surface area contributed by atoms with Crippen LogP contribution in [0.3, 0.4) is 0 Å². The van der Waals surface area contributed by atoms with Crippen molar-refractivity contribution >= 4 is 0 Å². The van der Waals surface area contributed by atoms with Crippen LogP contribution in [0.15, 0.2) is 12.1 Å². The second-order valence-electron chi connectivity index (χ2n) is 3.67. The topological polar surface area (TPSA) is 33.1 Å². The van der Waals surface area contributed by atoms with Gasteiger partial charge in [-0.15, -0.1) is 0 Å². The Morgan fingerprint density at radius 1 is 1.33 bits per heavy atom. The number of aromatic nitrogens is 1. The first kappa shape index (κ1) is 10.4. The van der Waals surface area contributed by atoms with Gasteiger partial charge in [-0.2, -0.15) is 13.2 Å². The average Bonchev–Trinajstić information content (AvgIpc) is 2.98. The number of pyridine rings is 1. The molecule has 5 heteroatoms. The summed E-state index contributed by atoms with van der Waals surface area (Å²) in [6.07, 6.45) is -2.84. The zero-order valence-corrected chi connectivity index (χ0v) is 7.88. The number of rotatable bonds is 2. The van der Waals surface area contributed by atoms with Crippen molar-refractivity contribution in [1.82, 2.24) is 4.98 Å². The van der Waals surface area contributed by atoms with Crippen LogP contribution in [0.2, 0.25) is 0 Å². The smallest absolute Gasteiger partial charge is 0.390 e. The lowest BCUT2D eigenvalue weighted by Gasteiger charge is -2.12. The fourth-order valence-electron chi connectivity index (χ4n) is 1.51. The first-order valence-corrected chi connectivity index (χ1v) is 4.70. The van der Waals surface area contributed by atoms with Crippen LogP contribution in [-0.2, 0) is 12.8 Å². The number of alkyl halides is 3. The molecule has 1 N–H and O–H groups in total. The van der Waals surface area contributed by atoms with E-state index in [1.165, 1.54) is 6.07 Å². The Balaban J connectivity index is 2.45. The van der Waals surface area contributed by atoms with Crippen molar-refractivity contribution in [2.45, 2.75) is 31.5 Å². The van der Waals surface area contributed by atoms with Gasteiger partial charge in [0, 0.05) is 5.92 Å². The molecule has 1 fully saturated rings. The third-order valence-corrected chi connectivity index (χ3v) is 2.41. The van der Waals surface area contributed by atoms with Crippen LogP contribution in [-0.4, -0.2) is 10.1 Å². The molecule has 2 rings (SSSR count). The third-order valence-electron chi connectivity index (χ3n) is 2.41. The first-order chi connectivity index (χ1) is 7.02. The molecule has 1 aromatic rings. The summed E-state index contributed by atoms with van der Waals surface area (Å²) in [6.45, 7) is -0.322. The van der Waals surface area contributed by atoms with E-state index in [2.05, 4.69) is 4.98 Å². The predicted octanol–water partition coefficient (Wildman–Crippen LogP) is 2.47. The Labute approximate surface area is 84.8 Å². The van der Waals surface area contributed by atoms with Crippen LogP contribution in [0.4, 0.5) is 13.2 Å². The van der Waals surface area contributed by atoms with Crippen molar-refractivity contribution in [2.24, 2.45) is 0 Å². The van der Waals surface area contributed by atoms with E-state index in [4.69, 9.17) is 5.11 Å². The number of aliphatic hydroxyl groups excluding tert-OH is 1. The molecule has 0 amide bonds. The summed E-state index contributed by atoms with van der Waals surface area (Å²) in [5.74, 6) is -0.0758. The van der Waals surface area contributed by atoms with E-state index in [0.29, 0.717) is 5.69 Å². The number of hydrogen-bond acceptors (Lipinski definition) is 2. The van der Waals surface area contributed by atoms with Gasteiger partial charge < -0.3 is 5.11 Å². The largest absolute Gasteiger partial charge is 0.418 e. The Bertz CT molecular complexity index is 371. The van der Waals surface area contributed by atoms with Gasteiger partial charge in [-0.25, -0.2) is 0 Å². The summed E-state index contributed by atoms with van der Waals surface area (Å²) in [6, 6.07) is 2.22. The van der Waals surface area contributed by atoms with Gasteiger partial charge in [0.25, 0.3) is 0 Å². The number of hydrogen-bond donors (Lipinski definition) is 1. The lowest BCUT2D eigenvalue weighted by molar-refractivity contribution is -0.138. The van der Waals surface area contributed by atoms with E-state index in [0.717, 1.165) is 18.9 Å². The molecule has 0 saturated heterocycles. The minimum absolute atomic E-state index is 0.0758. The van der Waals surface area contributed by atoms with E-state index in [1.54, 1.807) is 0 Å². The van der Waals surface area contributed by atoms with Crippen LogP contribution in [0.25, 0.3) is 0 Å². The zero-order chi connectivity index (χ0) is 11.1. The highest BCUT2D eigenvalue weighted by atomic mass is 19.4. The van der Waals surface area contributed by atoms with Gasteiger partial charge in [-0.3, -0.25) is 4.98 Å². The lowest BCUT2D eigenvalue weighted by atomic mass is 10.1. The Kier molecular flexibility index (Phi) is 2.42. The van der Waals surface area contributed by atoms with Crippen LogP contribution >= 0.6 is 0 Å². The van der Waals surface area contributed by atoms with E-state index >= 15 is 0 Å². The Morgan fingerprint density at radius 3 is 2.47 bits per heavy atom. The van der Waals surface area contributed by atoms with E-state index in [-0.39, 0.29) is 18.2 Å². The molecule has 0 atom stereocenters. The number of halogens is 3. The second kappa shape index (κ2) is 3.48. The number of aliphatic hydroxyl groups is 1. The monoisotopic (exact) mass is 217 g/mol. The van der Waals surface area contributed by atoms with Crippen molar-refractivity contribution in [3.05, 3.63) is 29.1 Å². The summed E-state index contributed by atoms with van der Waals surface area (Å²) in [5.41, 5.74) is -0.277. The molecule has 1 aliphatic carbocycles. The molecular weight excluding hydrogens is 207 g/mol. The van der Waals surface area contributed by atoms with Crippen molar-refractivity contribution in [1.29, 1.82) is 0 Å². The molecule has 82 valence electrons. The van der Waals surface area contributed by atoms with Crippen LogP contribution in [0, 0.1) is 0 Å². The molecule has 1 saturated carbocycles. The molecule has 0 aromatic carbocycles. The molecule has 0 aliphatic heterocycles. The highest BCUT2D eigenvalue weighted by Gasteiger charge is 2.39. The third kappa shape index (κ3) is 2.12. The first-order valence-electron chi connectivity index (χ1n) is 4.70. The summed E-state index contributed by atoms with van der Waals surface area (Å²) in [7, 11) is 0. The summed E-state index contributed by atoms with van der Waals surface area (Å²) < 4.78 is 37.7. The quantitative estimate of drug-likeness (QED) is 0.825. The minimum Gasteiger partial charge on any atom is -0.390 e. The van der Waals surface area contributed by atoms with Crippen LogP contribution < -0.4 is 0 Å². The molecular formula is C10H10F3NO. The minimum atomic E-state index is -4.35. The van der Waals surface area contributed by atoms with Gasteiger partial charge in [0.05, 0.1) is 23.6 Å². The molecule has 1 aromatic heterocycles. The second-order valence-corrected chi connectivity index (χ2v) is 3.67. The lowest BCUT2D eigenvalue weighted by Crippen LogP contribution is -2.11. The highest BCUT2D eigenvalue weighted by Crippen LogP contribution is 2.44. The molecule has 1 aliphatic rings. The van der Waals surface area contributed by atoms with Gasteiger partial charge in [0.15, 0.2) is 0 Å². The maximum Gasteiger partial charge on any atom is 0.418 e. The van der Waals surface area contributed by atoms with Crippen LogP contribution in [0.1, 0.15) is 35.7 Å². The van der Waals surface area contributed by atoms with E-state index in [9.17, 15) is 13.2 Å². The van der Waals surface area contributed by atoms with Crippen molar-refractivity contribution in [3.8, 4) is 0 Å². The van der Waals surface area contributed by atoms with Gasteiger partial charge in [-0.05, 0) is 25.0 Å². The molecule has 2 nitrogen and oxygen atoms in total. The molecule has 0 unspecified atom stereocenters. The summed E-state index contributed by atoms with van der Waals surface area (Å²) >= 11 is 0. The molecule has 0 radical (unpaired) electrons. The van der Waals surface area contributed by atoms with Gasteiger partial charge in [0.1, 0.15) is 0 Å². The normalized spacial score (nSPS) is 16.8. The van der Waals surface area contributed by atoms with E-state index < -0.39 is 11.7 Å².